The fraction of sp³-hybridized carbons (Fsp3) is 1.00. The largest absolute Gasteiger partial charge is 0.390 e. The summed E-state index contributed by atoms with van der Waals surface area (Å²) in [4.78, 5) is 0. The zero-order valence-electron chi connectivity index (χ0n) is 12.6. The van der Waals surface area contributed by atoms with Crippen molar-refractivity contribution in [3.63, 3.8) is 0 Å². The van der Waals surface area contributed by atoms with Gasteiger partial charge in [-0.25, -0.2) is 0 Å². The van der Waals surface area contributed by atoms with Crippen molar-refractivity contribution in [2.45, 2.75) is 69.2 Å². The molecular weight excluding hydrogens is 256 g/mol. The Bertz CT molecular complexity index is 487. The van der Waals surface area contributed by atoms with Crippen LogP contribution in [0.2, 0.25) is 0 Å². The maximum atomic E-state index is 11.0. The van der Waals surface area contributed by atoms with Crippen molar-refractivity contribution in [1.82, 2.24) is 0 Å². The average molecular weight is 280 g/mol. The predicted octanol–water partition coefficient (Wildman–Crippen LogP) is 1.35. The number of hydrogen-bond donors (Lipinski definition) is 1. The van der Waals surface area contributed by atoms with Gasteiger partial charge in [0.05, 0.1) is 30.0 Å². The molecule has 9 atom stereocenters. The Morgan fingerprint density at radius 3 is 2.55 bits per heavy atom. The van der Waals surface area contributed by atoms with Crippen molar-refractivity contribution in [3.05, 3.63) is 0 Å². The van der Waals surface area contributed by atoms with Crippen LogP contribution in [0.1, 0.15) is 33.6 Å². The smallest absolute Gasteiger partial charge is 0.103 e. The van der Waals surface area contributed by atoms with Crippen LogP contribution >= 0.6 is 0 Å². The zero-order valence-corrected chi connectivity index (χ0v) is 12.6. The number of hydrogen-bond acceptors (Lipinski definition) is 4. The highest BCUT2D eigenvalue weighted by atomic mass is 16.6. The van der Waals surface area contributed by atoms with Gasteiger partial charge >= 0.3 is 0 Å². The minimum atomic E-state index is -0.750. The van der Waals surface area contributed by atoms with E-state index < -0.39 is 5.60 Å². The topological polar surface area (TPSA) is 47.9 Å². The third kappa shape index (κ3) is 0.980. The molecule has 0 amide bonds. The Labute approximate surface area is 119 Å². The van der Waals surface area contributed by atoms with E-state index in [2.05, 4.69) is 13.8 Å². The molecule has 4 heterocycles. The highest BCUT2D eigenvalue weighted by molar-refractivity contribution is 5.31. The van der Waals surface area contributed by atoms with E-state index >= 15 is 0 Å². The summed E-state index contributed by atoms with van der Waals surface area (Å²) in [5.41, 5.74) is -0.749. The standard InChI is InChI=1S/C16H24O4/c1-14(2)5-7-9-11-10-13(18-4)12(9)19-8(6-15(10,3)17)16(7,14)20-11/h7-13,17H,5-6H2,1-4H3/t7-,8?,9-,10+,11+,12+,13+,15-,16?/m0/s1. The maximum absolute atomic E-state index is 11.0. The van der Waals surface area contributed by atoms with Crippen molar-refractivity contribution < 1.29 is 19.3 Å². The van der Waals surface area contributed by atoms with Gasteiger partial charge in [0, 0.05) is 25.4 Å². The second-order valence-electron chi connectivity index (χ2n) is 8.52. The minimum absolute atomic E-state index is 0.0163. The molecule has 6 bridgehead atoms. The summed E-state index contributed by atoms with van der Waals surface area (Å²) in [6, 6.07) is 0. The van der Waals surface area contributed by atoms with E-state index in [-0.39, 0.29) is 41.3 Å². The molecule has 4 heteroatoms. The van der Waals surface area contributed by atoms with E-state index in [0.29, 0.717) is 18.3 Å². The fourth-order valence-electron chi connectivity index (χ4n) is 6.68. The maximum Gasteiger partial charge on any atom is 0.103 e. The first-order valence-corrected chi connectivity index (χ1v) is 7.92. The molecule has 0 aromatic carbocycles. The van der Waals surface area contributed by atoms with Crippen LogP contribution in [0.3, 0.4) is 0 Å². The molecule has 0 radical (unpaired) electrons. The van der Waals surface area contributed by atoms with E-state index in [1.165, 1.54) is 6.42 Å². The van der Waals surface area contributed by atoms with E-state index in [4.69, 9.17) is 14.2 Å². The summed E-state index contributed by atoms with van der Waals surface area (Å²) in [6.07, 6.45) is 2.12. The quantitative estimate of drug-likeness (QED) is 0.788. The van der Waals surface area contributed by atoms with Gasteiger partial charge in [-0.3, -0.25) is 0 Å². The van der Waals surface area contributed by atoms with Gasteiger partial charge in [0.25, 0.3) is 0 Å². The van der Waals surface area contributed by atoms with Gasteiger partial charge in [0.2, 0.25) is 0 Å². The Hall–Kier alpha value is -0.160. The molecule has 6 fully saturated rings. The van der Waals surface area contributed by atoms with Gasteiger partial charge in [-0.2, -0.15) is 0 Å². The lowest BCUT2D eigenvalue weighted by molar-refractivity contribution is -0.301. The molecule has 6 aliphatic rings. The Morgan fingerprint density at radius 1 is 1.15 bits per heavy atom. The van der Waals surface area contributed by atoms with Crippen LogP contribution in [-0.4, -0.2) is 47.8 Å². The van der Waals surface area contributed by atoms with Gasteiger partial charge in [-0.15, -0.1) is 0 Å². The predicted molar refractivity (Wildman–Crippen MR) is 71.2 cm³/mol. The molecule has 1 N–H and O–H groups in total. The molecule has 112 valence electrons. The molecule has 2 unspecified atom stereocenters. The molecular formula is C16H24O4. The SMILES string of the molecule is CO[C@H]1[C@@H]2OC3C[C@](C)(O)[C@@H]1[C@@H]1OC34[C@@H](CC4(C)C)[C@@H]12. The number of fused-ring (bicyclic) bond motifs is 1. The molecule has 2 saturated carbocycles. The van der Waals surface area contributed by atoms with Crippen LogP contribution in [0.15, 0.2) is 0 Å². The second kappa shape index (κ2) is 3.12. The highest BCUT2D eigenvalue weighted by Gasteiger charge is 2.83. The highest BCUT2D eigenvalue weighted by Crippen LogP contribution is 2.75. The van der Waals surface area contributed by atoms with E-state index in [0.717, 1.165) is 0 Å². The van der Waals surface area contributed by atoms with Gasteiger partial charge in [0.15, 0.2) is 0 Å². The van der Waals surface area contributed by atoms with Crippen LogP contribution in [0.5, 0.6) is 0 Å². The Morgan fingerprint density at radius 2 is 1.90 bits per heavy atom. The van der Waals surface area contributed by atoms with Gasteiger partial charge in [0.1, 0.15) is 5.60 Å². The first-order valence-electron chi connectivity index (χ1n) is 7.92. The van der Waals surface area contributed by atoms with Crippen LogP contribution in [0, 0.1) is 23.2 Å². The average Bonchev–Trinajstić information content (AvgIpc) is 2.63. The lowest BCUT2D eigenvalue weighted by Gasteiger charge is -2.64. The summed E-state index contributed by atoms with van der Waals surface area (Å²) in [6.45, 7) is 6.54. The Balaban J connectivity index is 1.71. The van der Waals surface area contributed by atoms with Crippen LogP contribution in [0.4, 0.5) is 0 Å². The lowest BCUT2D eigenvalue weighted by atomic mass is 9.46. The van der Waals surface area contributed by atoms with Gasteiger partial charge in [-0.1, -0.05) is 13.8 Å². The molecule has 1 spiro atoms. The summed E-state index contributed by atoms with van der Waals surface area (Å²) < 4.78 is 18.8. The first kappa shape index (κ1) is 12.4. The summed E-state index contributed by atoms with van der Waals surface area (Å²) in [7, 11) is 1.74. The van der Waals surface area contributed by atoms with Crippen molar-refractivity contribution >= 4 is 0 Å². The monoisotopic (exact) mass is 280 g/mol. The molecule has 4 saturated heterocycles. The molecule has 4 nitrogen and oxygen atoms in total. The van der Waals surface area contributed by atoms with E-state index in [9.17, 15) is 5.11 Å². The minimum Gasteiger partial charge on any atom is -0.390 e. The first-order chi connectivity index (χ1) is 9.33. The normalized spacial score (nSPS) is 68.0. The van der Waals surface area contributed by atoms with Gasteiger partial charge in [-0.05, 0) is 24.7 Å². The number of rotatable bonds is 1. The number of methoxy groups -OCH3 is 1. The van der Waals surface area contributed by atoms with E-state index in [1.54, 1.807) is 7.11 Å². The third-order valence-corrected chi connectivity index (χ3v) is 7.31. The van der Waals surface area contributed by atoms with Crippen LogP contribution < -0.4 is 0 Å². The van der Waals surface area contributed by atoms with Crippen LogP contribution in [-0.2, 0) is 14.2 Å². The van der Waals surface area contributed by atoms with Crippen molar-refractivity contribution in [2.24, 2.45) is 23.2 Å². The van der Waals surface area contributed by atoms with Crippen molar-refractivity contribution in [1.29, 1.82) is 0 Å². The molecule has 2 aliphatic carbocycles. The summed E-state index contributed by atoms with van der Waals surface area (Å²) in [5, 5.41) is 11.0. The number of ether oxygens (including phenoxy) is 3. The molecule has 20 heavy (non-hydrogen) atoms. The number of aliphatic hydroxyl groups is 1. The molecule has 0 aromatic heterocycles. The zero-order chi connectivity index (χ0) is 14.1. The lowest BCUT2D eigenvalue weighted by Crippen LogP contribution is -2.71. The summed E-state index contributed by atoms with van der Waals surface area (Å²) >= 11 is 0. The molecule has 6 rings (SSSR count). The molecule has 4 aliphatic heterocycles. The summed E-state index contributed by atoms with van der Waals surface area (Å²) in [5.74, 6) is 1.07. The van der Waals surface area contributed by atoms with E-state index in [1.807, 2.05) is 6.92 Å². The fourth-order valence-corrected chi connectivity index (χ4v) is 6.68. The Kier molecular flexibility index (Phi) is 1.93. The van der Waals surface area contributed by atoms with Gasteiger partial charge < -0.3 is 19.3 Å². The van der Waals surface area contributed by atoms with Crippen molar-refractivity contribution in [2.75, 3.05) is 7.11 Å². The van der Waals surface area contributed by atoms with Crippen molar-refractivity contribution in [3.8, 4) is 0 Å². The molecule has 0 aromatic rings. The van der Waals surface area contributed by atoms with Crippen LogP contribution in [0.25, 0.3) is 0 Å². The second-order valence-corrected chi connectivity index (χ2v) is 8.52. The third-order valence-electron chi connectivity index (χ3n) is 7.31.